The van der Waals surface area contributed by atoms with Gasteiger partial charge < -0.3 is 19.7 Å². The zero-order valence-corrected chi connectivity index (χ0v) is 17.6. The Balaban J connectivity index is 0.00000280. The van der Waals surface area contributed by atoms with Crippen LogP contribution in [-0.4, -0.2) is 43.7 Å². The summed E-state index contributed by atoms with van der Waals surface area (Å²) in [6.45, 7) is 4.28. The summed E-state index contributed by atoms with van der Waals surface area (Å²) in [7, 11) is 1.63. The molecule has 1 amide bonds. The maximum Gasteiger partial charge on any atom is 0.252 e. The van der Waals surface area contributed by atoms with Gasteiger partial charge in [0.15, 0.2) is 0 Å². The molecule has 0 aliphatic carbocycles. The fourth-order valence-corrected chi connectivity index (χ4v) is 3.47. The summed E-state index contributed by atoms with van der Waals surface area (Å²) < 4.78 is 11.1. The molecule has 1 aliphatic heterocycles. The van der Waals surface area contributed by atoms with Crippen LogP contribution in [0.15, 0.2) is 48.5 Å². The number of carbonyl (C=O) groups is 1. The van der Waals surface area contributed by atoms with E-state index in [1.807, 2.05) is 53.4 Å². The van der Waals surface area contributed by atoms with Crippen molar-refractivity contribution in [1.29, 1.82) is 0 Å². The summed E-state index contributed by atoms with van der Waals surface area (Å²) in [5.74, 6) is 0.766. The van der Waals surface area contributed by atoms with Crippen LogP contribution in [0.5, 0.6) is 5.75 Å². The molecule has 2 aromatic carbocycles. The zero-order valence-electron chi connectivity index (χ0n) is 16.1. The number of carbonyl (C=O) groups excluding carboxylic acids is 1. The minimum Gasteiger partial charge on any atom is -0.497 e. The fourth-order valence-electron chi connectivity index (χ4n) is 3.27. The van der Waals surface area contributed by atoms with Crippen LogP contribution in [0.1, 0.15) is 24.1 Å². The number of amides is 1. The average Bonchev–Trinajstić information content (AvgIpc) is 2.71. The second-order valence-corrected chi connectivity index (χ2v) is 7.05. The van der Waals surface area contributed by atoms with Gasteiger partial charge in [0.25, 0.3) is 5.91 Å². The van der Waals surface area contributed by atoms with E-state index < -0.39 is 6.10 Å². The zero-order chi connectivity index (χ0) is 19.2. The van der Waals surface area contributed by atoms with Crippen molar-refractivity contribution < 1.29 is 14.3 Å². The quantitative estimate of drug-likeness (QED) is 0.764. The molecule has 1 N–H and O–H groups in total. The van der Waals surface area contributed by atoms with Crippen LogP contribution in [-0.2, 0) is 16.1 Å². The Hall–Kier alpha value is -1.79. The van der Waals surface area contributed by atoms with E-state index in [9.17, 15) is 4.79 Å². The van der Waals surface area contributed by atoms with E-state index in [0.29, 0.717) is 24.7 Å². The number of halogens is 2. The number of nitrogens with one attached hydrogen (secondary N) is 1. The van der Waals surface area contributed by atoms with E-state index in [4.69, 9.17) is 21.1 Å². The summed E-state index contributed by atoms with van der Waals surface area (Å²) in [6, 6.07) is 15.3. The molecule has 2 unspecified atom stereocenters. The Morgan fingerprint density at radius 2 is 2.07 bits per heavy atom. The monoisotopic (exact) mass is 424 g/mol. The first-order chi connectivity index (χ1) is 13.1. The highest BCUT2D eigenvalue weighted by Gasteiger charge is 2.31. The highest BCUT2D eigenvalue weighted by molar-refractivity contribution is 6.30. The summed E-state index contributed by atoms with van der Waals surface area (Å²) >= 11 is 6.14. The van der Waals surface area contributed by atoms with Crippen molar-refractivity contribution >= 4 is 29.9 Å². The van der Waals surface area contributed by atoms with Gasteiger partial charge in [0.1, 0.15) is 11.9 Å². The molecule has 5 nitrogen and oxygen atoms in total. The van der Waals surface area contributed by atoms with Gasteiger partial charge in [-0.05, 0) is 42.3 Å². The molecule has 7 heteroatoms. The van der Waals surface area contributed by atoms with Crippen molar-refractivity contribution in [3.63, 3.8) is 0 Å². The lowest BCUT2D eigenvalue weighted by molar-refractivity contribution is -0.147. The Bertz CT molecular complexity index is 788. The van der Waals surface area contributed by atoms with Crippen molar-refractivity contribution in [2.24, 2.45) is 0 Å². The Morgan fingerprint density at radius 3 is 2.82 bits per heavy atom. The van der Waals surface area contributed by atoms with Gasteiger partial charge in [-0.15, -0.1) is 12.4 Å². The highest BCUT2D eigenvalue weighted by atomic mass is 35.5. The molecule has 28 heavy (non-hydrogen) atoms. The summed E-state index contributed by atoms with van der Waals surface area (Å²) in [4.78, 5) is 14.9. The van der Waals surface area contributed by atoms with Crippen molar-refractivity contribution in [3.05, 3.63) is 64.7 Å². The van der Waals surface area contributed by atoms with Crippen LogP contribution in [0, 0.1) is 0 Å². The van der Waals surface area contributed by atoms with E-state index in [-0.39, 0.29) is 24.4 Å². The molecule has 0 saturated carbocycles. The molecule has 1 aliphatic rings. The number of hydrogen-bond acceptors (Lipinski definition) is 4. The molecule has 2 atom stereocenters. The molecular formula is C21H26Cl2N2O3. The SMILES string of the molecule is COc1cccc(COC(C)C(=O)N2CCNCC2c2cccc(Cl)c2)c1.Cl. The molecule has 0 spiro atoms. The first-order valence-corrected chi connectivity index (χ1v) is 9.47. The number of hydrogen-bond donors (Lipinski definition) is 1. The van der Waals surface area contributed by atoms with Gasteiger partial charge in [-0.1, -0.05) is 35.9 Å². The van der Waals surface area contributed by atoms with E-state index in [1.165, 1.54) is 0 Å². The topological polar surface area (TPSA) is 50.8 Å². The van der Waals surface area contributed by atoms with Gasteiger partial charge in [-0.3, -0.25) is 4.79 Å². The minimum absolute atomic E-state index is 0. The van der Waals surface area contributed by atoms with E-state index in [2.05, 4.69) is 5.32 Å². The Kier molecular flexibility index (Phi) is 8.58. The molecular weight excluding hydrogens is 399 g/mol. The van der Waals surface area contributed by atoms with Gasteiger partial charge in [0.05, 0.1) is 19.8 Å². The summed E-state index contributed by atoms with van der Waals surface area (Å²) in [6.07, 6.45) is -0.531. The molecule has 3 rings (SSSR count). The molecule has 152 valence electrons. The first-order valence-electron chi connectivity index (χ1n) is 9.09. The molecule has 0 aromatic heterocycles. The smallest absolute Gasteiger partial charge is 0.252 e. The van der Waals surface area contributed by atoms with Crippen molar-refractivity contribution in [2.45, 2.75) is 25.7 Å². The first kappa shape index (κ1) is 22.5. The van der Waals surface area contributed by atoms with Crippen LogP contribution < -0.4 is 10.1 Å². The van der Waals surface area contributed by atoms with Gasteiger partial charge in [0.2, 0.25) is 0 Å². The summed E-state index contributed by atoms with van der Waals surface area (Å²) in [5, 5.41) is 4.03. The van der Waals surface area contributed by atoms with E-state index in [0.717, 1.165) is 23.4 Å². The van der Waals surface area contributed by atoms with Crippen LogP contribution in [0.3, 0.4) is 0 Å². The number of methoxy groups -OCH3 is 1. The fraction of sp³-hybridized carbons (Fsp3) is 0.381. The Labute approximate surface area is 177 Å². The van der Waals surface area contributed by atoms with Gasteiger partial charge >= 0.3 is 0 Å². The predicted octanol–water partition coefficient (Wildman–Crippen LogP) is 3.85. The molecule has 1 fully saturated rings. The lowest BCUT2D eigenvalue weighted by Gasteiger charge is -2.38. The molecule has 0 radical (unpaired) electrons. The standard InChI is InChI=1S/C21H25ClN2O3.ClH/c1-15(27-14-16-5-3-8-19(11-16)26-2)21(25)24-10-9-23-13-20(24)17-6-4-7-18(22)12-17;/h3-8,11-12,15,20,23H,9-10,13-14H2,1-2H3;1H. The van der Waals surface area contributed by atoms with Gasteiger partial charge in [-0.2, -0.15) is 0 Å². The van der Waals surface area contributed by atoms with Crippen LogP contribution >= 0.6 is 24.0 Å². The van der Waals surface area contributed by atoms with Gasteiger partial charge in [-0.25, -0.2) is 0 Å². The van der Waals surface area contributed by atoms with Crippen LogP contribution in [0.2, 0.25) is 5.02 Å². The Morgan fingerprint density at radius 1 is 1.29 bits per heavy atom. The average molecular weight is 425 g/mol. The maximum atomic E-state index is 13.0. The third-order valence-electron chi connectivity index (χ3n) is 4.74. The largest absolute Gasteiger partial charge is 0.497 e. The summed E-state index contributed by atoms with van der Waals surface area (Å²) in [5.41, 5.74) is 2.00. The lowest BCUT2D eigenvalue weighted by atomic mass is 10.0. The van der Waals surface area contributed by atoms with E-state index >= 15 is 0 Å². The van der Waals surface area contributed by atoms with Crippen LogP contribution in [0.25, 0.3) is 0 Å². The van der Waals surface area contributed by atoms with Crippen molar-refractivity contribution in [1.82, 2.24) is 10.2 Å². The van der Waals surface area contributed by atoms with Crippen LogP contribution in [0.4, 0.5) is 0 Å². The van der Waals surface area contributed by atoms with Crippen molar-refractivity contribution in [3.8, 4) is 5.75 Å². The van der Waals surface area contributed by atoms with E-state index in [1.54, 1.807) is 14.0 Å². The van der Waals surface area contributed by atoms with Gasteiger partial charge in [0, 0.05) is 24.7 Å². The number of ether oxygens (including phenoxy) is 2. The maximum absolute atomic E-state index is 13.0. The second-order valence-electron chi connectivity index (χ2n) is 6.61. The minimum atomic E-state index is -0.531. The number of piperazine rings is 1. The molecule has 2 aromatic rings. The lowest BCUT2D eigenvalue weighted by Crippen LogP contribution is -2.51. The third kappa shape index (κ3) is 5.61. The number of nitrogens with zero attached hydrogens (tertiary/aromatic N) is 1. The predicted molar refractivity (Wildman–Crippen MR) is 113 cm³/mol. The number of benzene rings is 2. The molecule has 1 saturated heterocycles. The van der Waals surface area contributed by atoms with Crippen molar-refractivity contribution in [2.75, 3.05) is 26.7 Å². The molecule has 1 heterocycles. The number of rotatable bonds is 6. The third-order valence-corrected chi connectivity index (χ3v) is 4.98. The highest BCUT2D eigenvalue weighted by Crippen LogP contribution is 2.26. The normalized spacial score (nSPS) is 17.5. The second kappa shape index (κ2) is 10.7. The molecule has 0 bridgehead atoms.